The summed E-state index contributed by atoms with van der Waals surface area (Å²) >= 11 is 0. The minimum atomic E-state index is -0.807. The molecule has 25 heavy (non-hydrogen) atoms. The SMILES string of the molecule is CCNc1nc2c(c(=O)n(C)c(=O)n2C)n1C[C@H](O)c1ccccc1. The highest BCUT2D eigenvalue weighted by molar-refractivity contribution is 5.74. The molecular formula is C17H21N5O3. The minimum absolute atomic E-state index is 0.149. The summed E-state index contributed by atoms with van der Waals surface area (Å²) in [6.07, 6.45) is -0.807. The molecule has 0 aliphatic carbocycles. The van der Waals surface area contributed by atoms with E-state index in [4.69, 9.17) is 0 Å². The van der Waals surface area contributed by atoms with Crippen molar-refractivity contribution in [1.82, 2.24) is 18.7 Å². The second kappa shape index (κ2) is 6.56. The van der Waals surface area contributed by atoms with Crippen LogP contribution in [0.5, 0.6) is 0 Å². The molecule has 0 aliphatic heterocycles. The molecule has 1 aromatic carbocycles. The van der Waals surface area contributed by atoms with Crippen LogP contribution in [0.3, 0.4) is 0 Å². The van der Waals surface area contributed by atoms with E-state index in [1.807, 2.05) is 37.3 Å². The zero-order valence-corrected chi connectivity index (χ0v) is 14.4. The fourth-order valence-electron chi connectivity index (χ4n) is 2.87. The van der Waals surface area contributed by atoms with Crippen LogP contribution in [0.1, 0.15) is 18.6 Å². The van der Waals surface area contributed by atoms with Crippen LogP contribution in [-0.4, -0.2) is 30.3 Å². The topological polar surface area (TPSA) is 94.1 Å². The molecule has 0 bridgehead atoms. The summed E-state index contributed by atoms with van der Waals surface area (Å²) in [6, 6.07) is 9.21. The Morgan fingerprint density at radius 1 is 1.16 bits per heavy atom. The lowest BCUT2D eigenvalue weighted by Gasteiger charge is -2.15. The van der Waals surface area contributed by atoms with Gasteiger partial charge in [-0.2, -0.15) is 4.98 Å². The van der Waals surface area contributed by atoms with Crippen LogP contribution in [0.2, 0.25) is 0 Å². The van der Waals surface area contributed by atoms with Crippen LogP contribution in [0.25, 0.3) is 11.2 Å². The molecule has 2 heterocycles. The van der Waals surface area contributed by atoms with Gasteiger partial charge in [0.25, 0.3) is 5.56 Å². The summed E-state index contributed by atoms with van der Waals surface area (Å²) < 4.78 is 4.02. The lowest BCUT2D eigenvalue weighted by molar-refractivity contribution is 0.158. The molecule has 132 valence electrons. The van der Waals surface area contributed by atoms with Crippen molar-refractivity contribution in [3.05, 3.63) is 56.7 Å². The number of hydrogen-bond donors (Lipinski definition) is 2. The van der Waals surface area contributed by atoms with Gasteiger partial charge in [-0.25, -0.2) is 4.79 Å². The summed E-state index contributed by atoms with van der Waals surface area (Å²) in [6.45, 7) is 2.66. The van der Waals surface area contributed by atoms with E-state index in [0.717, 1.165) is 10.1 Å². The molecule has 1 atom stereocenters. The van der Waals surface area contributed by atoms with Gasteiger partial charge in [0.15, 0.2) is 11.2 Å². The molecule has 0 saturated heterocycles. The maximum absolute atomic E-state index is 12.6. The number of rotatable bonds is 5. The number of aryl methyl sites for hydroxylation is 1. The van der Waals surface area contributed by atoms with Crippen LogP contribution in [0.15, 0.2) is 39.9 Å². The van der Waals surface area contributed by atoms with Crippen molar-refractivity contribution in [3.8, 4) is 0 Å². The van der Waals surface area contributed by atoms with E-state index in [0.29, 0.717) is 18.1 Å². The van der Waals surface area contributed by atoms with E-state index in [-0.39, 0.29) is 12.1 Å². The Hall–Kier alpha value is -2.87. The van der Waals surface area contributed by atoms with E-state index in [1.165, 1.54) is 11.6 Å². The van der Waals surface area contributed by atoms with Gasteiger partial charge in [-0.15, -0.1) is 0 Å². The zero-order valence-electron chi connectivity index (χ0n) is 14.4. The Labute approximate surface area is 144 Å². The largest absolute Gasteiger partial charge is 0.387 e. The third-order valence-corrected chi connectivity index (χ3v) is 4.22. The Bertz CT molecular complexity index is 1020. The molecule has 0 saturated carbocycles. The number of benzene rings is 1. The number of fused-ring (bicyclic) bond motifs is 1. The third kappa shape index (κ3) is 2.85. The summed E-state index contributed by atoms with van der Waals surface area (Å²) in [5.74, 6) is 0.450. The normalized spacial score (nSPS) is 12.5. The molecule has 0 fully saturated rings. The fourth-order valence-corrected chi connectivity index (χ4v) is 2.87. The van der Waals surface area contributed by atoms with Crippen LogP contribution < -0.4 is 16.6 Å². The van der Waals surface area contributed by atoms with Gasteiger partial charge in [-0.05, 0) is 12.5 Å². The Morgan fingerprint density at radius 3 is 2.48 bits per heavy atom. The number of aromatic nitrogens is 4. The van der Waals surface area contributed by atoms with E-state index < -0.39 is 17.4 Å². The summed E-state index contributed by atoms with van der Waals surface area (Å²) in [5.41, 5.74) is 0.456. The molecule has 0 amide bonds. The first kappa shape index (κ1) is 17.0. The van der Waals surface area contributed by atoms with Crippen molar-refractivity contribution in [2.24, 2.45) is 14.1 Å². The Balaban J connectivity index is 2.20. The Morgan fingerprint density at radius 2 is 1.84 bits per heavy atom. The number of nitrogens with one attached hydrogen (secondary N) is 1. The average Bonchev–Trinajstić information content (AvgIpc) is 2.97. The highest BCUT2D eigenvalue weighted by atomic mass is 16.3. The average molecular weight is 343 g/mol. The van der Waals surface area contributed by atoms with E-state index in [9.17, 15) is 14.7 Å². The second-order valence-electron chi connectivity index (χ2n) is 5.88. The van der Waals surface area contributed by atoms with Gasteiger partial charge in [-0.3, -0.25) is 13.9 Å². The second-order valence-corrected chi connectivity index (χ2v) is 5.88. The summed E-state index contributed by atoms with van der Waals surface area (Å²) in [7, 11) is 3.01. The summed E-state index contributed by atoms with van der Waals surface area (Å²) in [4.78, 5) is 29.2. The van der Waals surface area contributed by atoms with Gasteiger partial charge >= 0.3 is 5.69 Å². The van der Waals surface area contributed by atoms with Gasteiger partial charge in [0.05, 0.1) is 12.6 Å². The van der Waals surface area contributed by atoms with Gasteiger partial charge < -0.3 is 15.0 Å². The van der Waals surface area contributed by atoms with E-state index in [2.05, 4.69) is 10.3 Å². The lowest BCUT2D eigenvalue weighted by Crippen LogP contribution is -2.37. The van der Waals surface area contributed by atoms with Crippen LogP contribution in [0, 0.1) is 0 Å². The number of hydrogen-bond acceptors (Lipinski definition) is 5. The molecule has 8 nitrogen and oxygen atoms in total. The maximum atomic E-state index is 12.6. The monoisotopic (exact) mass is 343 g/mol. The highest BCUT2D eigenvalue weighted by Crippen LogP contribution is 2.21. The number of nitrogens with zero attached hydrogens (tertiary/aromatic N) is 4. The molecule has 0 unspecified atom stereocenters. The minimum Gasteiger partial charge on any atom is -0.387 e. The standard InChI is InChI=1S/C17H21N5O3/c1-4-18-16-19-14-13(15(24)21(3)17(25)20(14)2)22(16)10-12(23)11-8-6-5-7-9-11/h5-9,12,23H,4,10H2,1-3H3,(H,18,19)/t12-/m0/s1. The molecule has 0 spiro atoms. The number of imidazole rings is 1. The molecule has 3 aromatic rings. The highest BCUT2D eigenvalue weighted by Gasteiger charge is 2.21. The maximum Gasteiger partial charge on any atom is 0.332 e. The summed E-state index contributed by atoms with van der Waals surface area (Å²) in [5, 5.41) is 13.7. The third-order valence-electron chi connectivity index (χ3n) is 4.22. The number of aliphatic hydroxyl groups is 1. The number of anilines is 1. The lowest BCUT2D eigenvalue weighted by atomic mass is 10.1. The van der Waals surface area contributed by atoms with Gasteiger partial charge in [0.1, 0.15) is 0 Å². The van der Waals surface area contributed by atoms with E-state index >= 15 is 0 Å². The first-order valence-corrected chi connectivity index (χ1v) is 8.08. The Kier molecular flexibility index (Phi) is 4.45. The van der Waals surface area contributed by atoms with Crippen LogP contribution >= 0.6 is 0 Å². The fraction of sp³-hybridized carbons (Fsp3) is 0.353. The predicted molar refractivity (Wildman–Crippen MR) is 95.8 cm³/mol. The van der Waals surface area contributed by atoms with Crippen molar-refractivity contribution in [3.63, 3.8) is 0 Å². The van der Waals surface area contributed by atoms with Crippen LogP contribution in [-0.2, 0) is 20.6 Å². The van der Waals surface area contributed by atoms with Crippen LogP contribution in [0.4, 0.5) is 5.95 Å². The van der Waals surface area contributed by atoms with Gasteiger partial charge in [0.2, 0.25) is 5.95 Å². The predicted octanol–water partition coefficient (Wildman–Crippen LogP) is 0.599. The molecule has 3 rings (SSSR count). The van der Waals surface area contributed by atoms with E-state index in [1.54, 1.807) is 11.6 Å². The quantitative estimate of drug-likeness (QED) is 0.707. The van der Waals surface area contributed by atoms with Crippen molar-refractivity contribution < 1.29 is 5.11 Å². The zero-order chi connectivity index (χ0) is 18.1. The molecule has 2 aromatic heterocycles. The van der Waals surface area contributed by atoms with Gasteiger partial charge in [-0.1, -0.05) is 30.3 Å². The smallest absolute Gasteiger partial charge is 0.332 e. The first-order valence-electron chi connectivity index (χ1n) is 8.08. The molecular weight excluding hydrogens is 322 g/mol. The first-order chi connectivity index (χ1) is 12.0. The van der Waals surface area contributed by atoms with Gasteiger partial charge in [0, 0.05) is 20.6 Å². The molecule has 8 heteroatoms. The molecule has 2 N–H and O–H groups in total. The van der Waals surface area contributed by atoms with Crippen molar-refractivity contribution in [2.75, 3.05) is 11.9 Å². The van der Waals surface area contributed by atoms with Crippen molar-refractivity contribution in [1.29, 1.82) is 0 Å². The molecule has 0 radical (unpaired) electrons. The van der Waals surface area contributed by atoms with Crippen molar-refractivity contribution >= 4 is 17.1 Å². The number of aliphatic hydroxyl groups excluding tert-OH is 1. The molecule has 0 aliphatic rings. The van der Waals surface area contributed by atoms with Crippen molar-refractivity contribution in [2.45, 2.75) is 19.6 Å².